The molecule has 0 saturated carbocycles. The smallest absolute Gasteiger partial charge is 0.119 e. The van der Waals surface area contributed by atoms with Crippen LogP contribution in [0, 0.1) is 0 Å². The first kappa shape index (κ1) is 16.3. The van der Waals surface area contributed by atoms with E-state index in [0.717, 1.165) is 24.3 Å². The fraction of sp³-hybridized carbons (Fsp3) is 0.667. The van der Waals surface area contributed by atoms with Crippen molar-refractivity contribution < 1.29 is 9.84 Å². The summed E-state index contributed by atoms with van der Waals surface area (Å²) in [5.74, 6) is 0.871. The lowest BCUT2D eigenvalue weighted by Crippen LogP contribution is -2.40. The normalized spacial score (nSPS) is 21.2. The van der Waals surface area contributed by atoms with Crippen molar-refractivity contribution in [2.75, 3.05) is 19.7 Å². The van der Waals surface area contributed by atoms with Crippen molar-refractivity contribution in [3.05, 3.63) is 29.8 Å². The molecule has 1 aromatic carbocycles. The van der Waals surface area contributed by atoms with E-state index < -0.39 is 0 Å². The molecule has 0 aliphatic carbocycles. The molecule has 2 unspecified atom stereocenters. The van der Waals surface area contributed by atoms with Gasteiger partial charge in [0.25, 0.3) is 0 Å². The maximum Gasteiger partial charge on any atom is 0.119 e. The zero-order valence-electron chi connectivity index (χ0n) is 13.4. The van der Waals surface area contributed by atoms with E-state index in [1.165, 1.54) is 32.2 Å². The Bertz CT molecular complexity index is 404. The Morgan fingerprint density at radius 2 is 2.00 bits per heavy atom. The summed E-state index contributed by atoms with van der Waals surface area (Å²) < 4.78 is 5.43. The SMILES string of the molecule is CCOc1ccc(C(O)CCN2CCCCC2CC)cc1. The largest absolute Gasteiger partial charge is 0.494 e. The van der Waals surface area contributed by atoms with Crippen molar-refractivity contribution in [3.8, 4) is 5.75 Å². The van der Waals surface area contributed by atoms with E-state index in [4.69, 9.17) is 4.74 Å². The fourth-order valence-corrected chi connectivity index (χ4v) is 3.22. The highest BCUT2D eigenvalue weighted by Crippen LogP contribution is 2.24. The van der Waals surface area contributed by atoms with Crippen molar-refractivity contribution in [1.82, 2.24) is 4.90 Å². The molecule has 0 spiro atoms. The van der Waals surface area contributed by atoms with E-state index in [9.17, 15) is 5.11 Å². The van der Waals surface area contributed by atoms with E-state index in [1.54, 1.807) is 0 Å². The zero-order valence-corrected chi connectivity index (χ0v) is 13.4. The van der Waals surface area contributed by atoms with Gasteiger partial charge in [-0.25, -0.2) is 0 Å². The van der Waals surface area contributed by atoms with Gasteiger partial charge in [-0.05, 0) is 56.8 Å². The van der Waals surface area contributed by atoms with E-state index in [0.29, 0.717) is 12.6 Å². The molecule has 3 nitrogen and oxygen atoms in total. The van der Waals surface area contributed by atoms with Crippen molar-refractivity contribution in [1.29, 1.82) is 0 Å². The highest BCUT2D eigenvalue weighted by Gasteiger charge is 2.21. The van der Waals surface area contributed by atoms with Crippen LogP contribution >= 0.6 is 0 Å². The molecular formula is C18H29NO2. The summed E-state index contributed by atoms with van der Waals surface area (Å²) in [6, 6.07) is 8.55. The topological polar surface area (TPSA) is 32.7 Å². The number of aliphatic hydroxyl groups excluding tert-OH is 1. The van der Waals surface area contributed by atoms with Crippen LogP contribution in [0.15, 0.2) is 24.3 Å². The minimum atomic E-state index is -0.375. The van der Waals surface area contributed by atoms with Crippen LogP contribution in [-0.2, 0) is 0 Å². The predicted octanol–water partition coefficient (Wildman–Crippen LogP) is 3.77. The van der Waals surface area contributed by atoms with Crippen LogP contribution in [-0.4, -0.2) is 35.7 Å². The van der Waals surface area contributed by atoms with Crippen molar-refractivity contribution in [2.24, 2.45) is 0 Å². The van der Waals surface area contributed by atoms with Crippen molar-refractivity contribution in [2.45, 2.75) is 58.1 Å². The number of ether oxygens (including phenoxy) is 1. The minimum absolute atomic E-state index is 0.375. The summed E-state index contributed by atoms with van der Waals surface area (Å²) in [5, 5.41) is 10.4. The molecule has 0 radical (unpaired) electrons. The molecule has 1 aliphatic heterocycles. The molecule has 0 bridgehead atoms. The van der Waals surface area contributed by atoms with Crippen LogP contribution in [0.5, 0.6) is 5.75 Å². The van der Waals surface area contributed by atoms with Crippen molar-refractivity contribution in [3.63, 3.8) is 0 Å². The van der Waals surface area contributed by atoms with Gasteiger partial charge in [0.15, 0.2) is 0 Å². The van der Waals surface area contributed by atoms with Gasteiger partial charge in [-0.3, -0.25) is 0 Å². The van der Waals surface area contributed by atoms with Crippen LogP contribution in [0.2, 0.25) is 0 Å². The molecule has 0 amide bonds. The van der Waals surface area contributed by atoms with Crippen molar-refractivity contribution >= 4 is 0 Å². The molecule has 3 heteroatoms. The van der Waals surface area contributed by atoms with Gasteiger partial charge in [0, 0.05) is 12.6 Å². The standard InChI is InChI=1S/C18H29NO2/c1-3-16-7-5-6-13-19(16)14-12-18(20)15-8-10-17(11-9-15)21-4-2/h8-11,16,18,20H,3-7,12-14H2,1-2H3. The monoisotopic (exact) mass is 291 g/mol. The second-order valence-corrected chi connectivity index (χ2v) is 5.90. The maximum atomic E-state index is 10.4. The lowest BCUT2D eigenvalue weighted by Gasteiger charge is -2.35. The first-order valence-corrected chi connectivity index (χ1v) is 8.39. The molecule has 118 valence electrons. The molecule has 1 heterocycles. The van der Waals surface area contributed by atoms with Gasteiger partial charge >= 0.3 is 0 Å². The third-order valence-electron chi connectivity index (χ3n) is 4.49. The minimum Gasteiger partial charge on any atom is -0.494 e. The molecule has 1 N–H and O–H groups in total. The Balaban J connectivity index is 1.84. The van der Waals surface area contributed by atoms with E-state index in [-0.39, 0.29) is 6.10 Å². The average molecular weight is 291 g/mol. The van der Waals surface area contributed by atoms with Gasteiger partial charge in [0.2, 0.25) is 0 Å². The Hall–Kier alpha value is -1.06. The average Bonchev–Trinajstić information content (AvgIpc) is 2.54. The summed E-state index contributed by atoms with van der Waals surface area (Å²) in [7, 11) is 0. The van der Waals surface area contributed by atoms with Crippen LogP contribution in [0.25, 0.3) is 0 Å². The van der Waals surface area contributed by atoms with Crippen LogP contribution in [0.4, 0.5) is 0 Å². The summed E-state index contributed by atoms with van der Waals surface area (Å²) >= 11 is 0. The van der Waals surface area contributed by atoms with Crippen LogP contribution < -0.4 is 4.74 Å². The van der Waals surface area contributed by atoms with E-state index >= 15 is 0 Å². The number of rotatable bonds is 7. The van der Waals surface area contributed by atoms with E-state index in [1.807, 2.05) is 31.2 Å². The molecule has 1 fully saturated rings. The molecule has 21 heavy (non-hydrogen) atoms. The van der Waals surface area contributed by atoms with Gasteiger partial charge in [-0.15, -0.1) is 0 Å². The number of hydrogen-bond donors (Lipinski definition) is 1. The first-order valence-electron chi connectivity index (χ1n) is 8.39. The summed E-state index contributed by atoms with van der Waals surface area (Å²) in [4.78, 5) is 2.56. The quantitative estimate of drug-likeness (QED) is 0.830. The summed E-state index contributed by atoms with van der Waals surface area (Å²) in [6.07, 6.45) is 5.63. The number of likely N-dealkylation sites (tertiary alicyclic amines) is 1. The molecular weight excluding hydrogens is 262 g/mol. The van der Waals surface area contributed by atoms with Crippen LogP contribution in [0.3, 0.4) is 0 Å². The number of aliphatic hydroxyl groups is 1. The third kappa shape index (κ3) is 4.72. The Morgan fingerprint density at radius 3 is 2.67 bits per heavy atom. The van der Waals surface area contributed by atoms with Gasteiger partial charge in [-0.1, -0.05) is 25.5 Å². The highest BCUT2D eigenvalue weighted by molar-refractivity contribution is 5.28. The summed E-state index contributed by atoms with van der Waals surface area (Å²) in [5.41, 5.74) is 0.989. The Kier molecular flexibility index (Phi) is 6.52. The molecule has 1 saturated heterocycles. The second-order valence-electron chi connectivity index (χ2n) is 5.90. The molecule has 1 aliphatic rings. The number of benzene rings is 1. The fourth-order valence-electron chi connectivity index (χ4n) is 3.22. The lowest BCUT2D eigenvalue weighted by molar-refractivity contribution is 0.101. The third-order valence-corrected chi connectivity index (χ3v) is 4.49. The zero-order chi connectivity index (χ0) is 15.1. The predicted molar refractivity (Wildman–Crippen MR) is 86.7 cm³/mol. The second kappa shape index (κ2) is 8.40. The number of piperidine rings is 1. The summed E-state index contributed by atoms with van der Waals surface area (Å²) in [6.45, 7) is 7.11. The number of hydrogen-bond acceptors (Lipinski definition) is 3. The lowest BCUT2D eigenvalue weighted by atomic mass is 9.98. The Labute approximate surface area is 128 Å². The molecule has 1 aromatic rings. The Morgan fingerprint density at radius 1 is 1.24 bits per heavy atom. The molecule has 2 rings (SSSR count). The van der Waals surface area contributed by atoms with Gasteiger partial charge in [-0.2, -0.15) is 0 Å². The first-order chi connectivity index (χ1) is 10.2. The van der Waals surface area contributed by atoms with Crippen LogP contribution in [0.1, 0.15) is 57.6 Å². The molecule has 2 atom stereocenters. The number of nitrogens with zero attached hydrogens (tertiary/aromatic N) is 1. The van der Waals surface area contributed by atoms with E-state index in [2.05, 4.69) is 11.8 Å². The van der Waals surface area contributed by atoms with Gasteiger partial charge in [0.1, 0.15) is 5.75 Å². The molecule has 0 aromatic heterocycles. The maximum absolute atomic E-state index is 10.4. The highest BCUT2D eigenvalue weighted by atomic mass is 16.5. The van der Waals surface area contributed by atoms with Gasteiger partial charge < -0.3 is 14.7 Å². The van der Waals surface area contributed by atoms with Gasteiger partial charge in [0.05, 0.1) is 12.7 Å².